The van der Waals surface area contributed by atoms with E-state index in [-0.39, 0.29) is 11.5 Å². The number of benzene rings is 1. The van der Waals surface area contributed by atoms with Gasteiger partial charge in [-0.05, 0) is 54.2 Å². The standard InChI is InChI=1S/C19H26N2O/c1-12-17-18(22)15-6-5-14(10-20)9-16(15)19(12,2)7-8-21(17)11-13-3-4-13/h5-6,9,12-13,17H,3-4,7-8,10-11,20H2,1-2H3. The highest BCUT2D eigenvalue weighted by atomic mass is 16.1. The summed E-state index contributed by atoms with van der Waals surface area (Å²) >= 11 is 0. The lowest BCUT2D eigenvalue weighted by atomic mass is 9.58. The first-order valence-corrected chi connectivity index (χ1v) is 8.66. The number of rotatable bonds is 3. The van der Waals surface area contributed by atoms with Crippen LogP contribution in [0.3, 0.4) is 0 Å². The highest BCUT2D eigenvalue weighted by Crippen LogP contribution is 2.49. The molecule has 1 aromatic carbocycles. The predicted octanol–water partition coefficient (Wildman–Crippen LogP) is 2.72. The summed E-state index contributed by atoms with van der Waals surface area (Å²) in [7, 11) is 0. The molecule has 2 bridgehead atoms. The molecule has 0 radical (unpaired) electrons. The van der Waals surface area contributed by atoms with Gasteiger partial charge in [0.2, 0.25) is 0 Å². The number of hydrogen-bond acceptors (Lipinski definition) is 3. The van der Waals surface area contributed by atoms with Gasteiger partial charge >= 0.3 is 0 Å². The molecule has 3 aliphatic rings. The van der Waals surface area contributed by atoms with Crippen molar-refractivity contribution >= 4 is 5.78 Å². The molecular weight excluding hydrogens is 272 g/mol. The van der Waals surface area contributed by atoms with E-state index in [0.29, 0.717) is 18.2 Å². The summed E-state index contributed by atoms with van der Waals surface area (Å²) in [5.74, 6) is 1.56. The maximum Gasteiger partial charge on any atom is 0.180 e. The summed E-state index contributed by atoms with van der Waals surface area (Å²) < 4.78 is 0. The molecule has 2 N–H and O–H groups in total. The molecule has 0 amide bonds. The fourth-order valence-electron chi connectivity index (χ4n) is 4.58. The molecule has 4 rings (SSSR count). The molecule has 1 saturated carbocycles. The van der Waals surface area contributed by atoms with Gasteiger partial charge < -0.3 is 5.73 Å². The van der Waals surface area contributed by atoms with Crippen molar-refractivity contribution in [1.29, 1.82) is 0 Å². The largest absolute Gasteiger partial charge is 0.326 e. The number of ketones is 1. The van der Waals surface area contributed by atoms with Gasteiger partial charge in [0.1, 0.15) is 0 Å². The highest BCUT2D eigenvalue weighted by Gasteiger charge is 2.52. The molecule has 3 atom stereocenters. The van der Waals surface area contributed by atoms with Gasteiger partial charge in [-0.25, -0.2) is 0 Å². The quantitative estimate of drug-likeness (QED) is 0.933. The summed E-state index contributed by atoms with van der Waals surface area (Å²) in [6.45, 7) is 7.35. The van der Waals surface area contributed by atoms with Gasteiger partial charge in [0, 0.05) is 18.7 Å². The summed E-state index contributed by atoms with van der Waals surface area (Å²) in [6, 6.07) is 6.32. The van der Waals surface area contributed by atoms with Crippen molar-refractivity contribution in [3.05, 3.63) is 34.9 Å². The van der Waals surface area contributed by atoms with Crippen molar-refractivity contribution in [2.24, 2.45) is 17.6 Å². The van der Waals surface area contributed by atoms with Crippen LogP contribution >= 0.6 is 0 Å². The van der Waals surface area contributed by atoms with Crippen LogP contribution in [-0.4, -0.2) is 29.8 Å². The summed E-state index contributed by atoms with van der Waals surface area (Å²) in [5, 5.41) is 0. The molecule has 0 spiro atoms. The van der Waals surface area contributed by atoms with Crippen molar-refractivity contribution in [3.8, 4) is 0 Å². The maximum absolute atomic E-state index is 13.1. The number of hydrogen-bond donors (Lipinski definition) is 1. The minimum absolute atomic E-state index is 0.0792. The number of piperidine rings is 1. The SMILES string of the molecule is CC1C2C(=O)c3ccc(CN)cc3C1(C)CCN2CC1CC1. The predicted molar refractivity (Wildman–Crippen MR) is 87.9 cm³/mol. The van der Waals surface area contributed by atoms with Gasteiger partial charge in [0.15, 0.2) is 5.78 Å². The average Bonchev–Trinajstić information content (AvgIpc) is 3.33. The van der Waals surface area contributed by atoms with E-state index < -0.39 is 0 Å². The normalized spacial score (nSPS) is 34.6. The fraction of sp³-hybridized carbons (Fsp3) is 0.632. The monoisotopic (exact) mass is 298 g/mol. The molecule has 3 nitrogen and oxygen atoms in total. The van der Waals surface area contributed by atoms with Crippen LogP contribution in [0.25, 0.3) is 0 Å². The van der Waals surface area contributed by atoms with E-state index in [2.05, 4.69) is 24.8 Å². The van der Waals surface area contributed by atoms with E-state index in [1.165, 1.54) is 18.4 Å². The Morgan fingerprint density at radius 3 is 2.82 bits per heavy atom. The molecule has 1 heterocycles. The van der Waals surface area contributed by atoms with Crippen LogP contribution in [0.2, 0.25) is 0 Å². The maximum atomic E-state index is 13.1. The van der Waals surface area contributed by atoms with E-state index in [9.17, 15) is 4.79 Å². The Hall–Kier alpha value is -1.19. The minimum Gasteiger partial charge on any atom is -0.326 e. The fourth-order valence-corrected chi connectivity index (χ4v) is 4.58. The highest BCUT2D eigenvalue weighted by molar-refractivity contribution is 6.03. The number of fused-ring (bicyclic) bond motifs is 4. The third-order valence-corrected chi connectivity index (χ3v) is 6.45. The lowest BCUT2D eigenvalue weighted by Crippen LogP contribution is -2.61. The smallest absolute Gasteiger partial charge is 0.180 e. The number of Topliss-reactive ketones (excluding diaryl/α,β-unsaturated/α-hetero) is 1. The topological polar surface area (TPSA) is 46.3 Å². The Labute approximate surface area is 132 Å². The van der Waals surface area contributed by atoms with Crippen LogP contribution in [0, 0.1) is 11.8 Å². The molecule has 2 aliphatic carbocycles. The Morgan fingerprint density at radius 2 is 2.14 bits per heavy atom. The molecule has 3 unspecified atom stereocenters. The van der Waals surface area contributed by atoms with E-state index in [0.717, 1.165) is 36.6 Å². The Balaban J connectivity index is 1.78. The number of nitrogens with two attached hydrogens (primary N) is 1. The van der Waals surface area contributed by atoms with E-state index >= 15 is 0 Å². The number of nitrogens with zero attached hydrogens (tertiary/aromatic N) is 1. The van der Waals surface area contributed by atoms with Gasteiger partial charge in [0.05, 0.1) is 6.04 Å². The van der Waals surface area contributed by atoms with Gasteiger partial charge in [-0.2, -0.15) is 0 Å². The van der Waals surface area contributed by atoms with Crippen LogP contribution in [0.15, 0.2) is 18.2 Å². The zero-order valence-corrected chi connectivity index (χ0v) is 13.6. The van der Waals surface area contributed by atoms with E-state index in [1.807, 2.05) is 12.1 Å². The Bertz CT molecular complexity index is 622. The molecule has 118 valence electrons. The molecule has 3 heteroatoms. The van der Waals surface area contributed by atoms with Crippen LogP contribution in [0.1, 0.15) is 54.6 Å². The number of likely N-dealkylation sites (tertiary alicyclic amines) is 1. The van der Waals surface area contributed by atoms with Crippen molar-refractivity contribution in [1.82, 2.24) is 4.90 Å². The van der Waals surface area contributed by atoms with E-state index in [1.54, 1.807) is 0 Å². The second-order valence-corrected chi connectivity index (χ2v) is 7.79. The molecule has 1 aromatic rings. The number of carbonyl (C=O) groups is 1. The summed E-state index contributed by atoms with van der Waals surface area (Å²) in [4.78, 5) is 15.6. The second kappa shape index (κ2) is 4.90. The summed E-state index contributed by atoms with van der Waals surface area (Å²) in [6.07, 6.45) is 3.84. The van der Waals surface area contributed by atoms with Crippen molar-refractivity contribution in [2.75, 3.05) is 13.1 Å². The van der Waals surface area contributed by atoms with Gasteiger partial charge in [-0.1, -0.05) is 32.0 Å². The lowest BCUT2D eigenvalue weighted by molar-refractivity contribution is 0.0266. The second-order valence-electron chi connectivity index (χ2n) is 7.79. The van der Waals surface area contributed by atoms with Crippen LogP contribution in [0.5, 0.6) is 0 Å². The Morgan fingerprint density at radius 1 is 1.36 bits per heavy atom. The molecule has 22 heavy (non-hydrogen) atoms. The van der Waals surface area contributed by atoms with E-state index in [4.69, 9.17) is 5.73 Å². The molecule has 1 saturated heterocycles. The summed E-state index contributed by atoms with van der Waals surface area (Å²) in [5.41, 5.74) is 9.26. The van der Waals surface area contributed by atoms with Gasteiger partial charge in [-0.15, -0.1) is 0 Å². The molecule has 0 aromatic heterocycles. The van der Waals surface area contributed by atoms with Gasteiger partial charge in [0.25, 0.3) is 0 Å². The van der Waals surface area contributed by atoms with Crippen molar-refractivity contribution in [2.45, 2.75) is 51.1 Å². The Kier molecular flexibility index (Phi) is 3.21. The molecular formula is C19H26N2O. The van der Waals surface area contributed by atoms with Crippen molar-refractivity contribution < 1.29 is 4.79 Å². The first-order valence-electron chi connectivity index (χ1n) is 8.66. The molecule has 1 aliphatic heterocycles. The first-order chi connectivity index (χ1) is 10.5. The zero-order chi connectivity index (χ0) is 15.5. The zero-order valence-electron chi connectivity index (χ0n) is 13.6. The lowest BCUT2D eigenvalue weighted by Gasteiger charge is -2.53. The third kappa shape index (κ3) is 1.99. The minimum atomic E-state index is 0.0792. The average molecular weight is 298 g/mol. The number of carbonyl (C=O) groups excluding carboxylic acids is 1. The van der Waals surface area contributed by atoms with Crippen molar-refractivity contribution in [3.63, 3.8) is 0 Å². The van der Waals surface area contributed by atoms with Crippen LogP contribution in [-0.2, 0) is 12.0 Å². The van der Waals surface area contributed by atoms with Gasteiger partial charge in [-0.3, -0.25) is 9.69 Å². The first kappa shape index (κ1) is 14.4. The van der Waals surface area contributed by atoms with Crippen LogP contribution in [0.4, 0.5) is 0 Å². The van der Waals surface area contributed by atoms with Crippen LogP contribution < -0.4 is 5.73 Å². The third-order valence-electron chi connectivity index (χ3n) is 6.45. The molecule has 2 fully saturated rings.